The minimum Gasteiger partial charge on any atom is -0.393 e. The number of aliphatic hydroxyl groups is 1. The molecule has 0 radical (unpaired) electrons. The molecule has 1 saturated heterocycles. The number of alkyl halides is 3. The van der Waals surface area contributed by atoms with Gasteiger partial charge in [0.15, 0.2) is 17.0 Å². The van der Waals surface area contributed by atoms with Gasteiger partial charge in [-0.15, -0.1) is 0 Å². The normalized spacial score (nSPS) is 36.3. The summed E-state index contributed by atoms with van der Waals surface area (Å²) >= 11 is 0. The van der Waals surface area contributed by atoms with Gasteiger partial charge in [0, 0.05) is 19.1 Å². The average molecular weight is 381 g/mol. The molecule has 0 amide bonds. The van der Waals surface area contributed by atoms with Crippen molar-refractivity contribution >= 4 is 17.0 Å². The molecule has 27 heavy (non-hydrogen) atoms. The van der Waals surface area contributed by atoms with Crippen molar-refractivity contribution in [1.29, 1.82) is 0 Å². The lowest BCUT2D eigenvalue weighted by Gasteiger charge is -2.56. The lowest BCUT2D eigenvalue weighted by molar-refractivity contribution is -0.209. The molecule has 2 aromatic rings. The van der Waals surface area contributed by atoms with Crippen LogP contribution in [0.1, 0.15) is 45.1 Å². The Morgan fingerprint density at radius 1 is 1.15 bits per heavy atom. The Labute approximate surface area is 154 Å². The van der Waals surface area contributed by atoms with Gasteiger partial charge in [-0.2, -0.15) is 13.2 Å². The fraction of sp³-hybridized carbons (Fsp3) is 0.722. The second kappa shape index (κ2) is 5.33. The standard InChI is InChI=1S/C18H22F3N5O/c1-16(18(19,20)21)2-3-25(8-16)14-13-15(23-9-22-14)26(10-24-13)11-4-17(5-11)6-12(27)7-17/h9-12,27H,2-8H2,1H3. The monoisotopic (exact) mass is 381 g/mol. The number of nitrogens with zero attached hydrogens (tertiary/aromatic N) is 5. The molecule has 146 valence electrons. The van der Waals surface area contributed by atoms with Crippen LogP contribution in [-0.2, 0) is 0 Å². The highest BCUT2D eigenvalue weighted by Crippen LogP contribution is 2.60. The first kappa shape index (κ1) is 17.2. The van der Waals surface area contributed by atoms with E-state index < -0.39 is 11.6 Å². The second-order valence-electron chi connectivity index (χ2n) is 8.88. The van der Waals surface area contributed by atoms with Crippen molar-refractivity contribution in [1.82, 2.24) is 19.5 Å². The van der Waals surface area contributed by atoms with Crippen LogP contribution in [0.15, 0.2) is 12.7 Å². The molecule has 0 aromatic carbocycles. The van der Waals surface area contributed by atoms with E-state index in [0.29, 0.717) is 23.5 Å². The number of imidazole rings is 1. The van der Waals surface area contributed by atoms with Crippen molar-refractivity contribution in [3.05, 3.63) is 12.7 Å². The van der Waals surface area contributed by atoms with Crippen molar-refractivity contribution in [3.8, 4) is 0 Å². The summed E-state index contributed by atoms with van der Waals surface area (Å²) in [5, 5.41) is 9.57. The van der Waals surface area contributed by atoms with Crippen LogP contribution < -0.4 is 4.90 Å². The minimum absolute atomic E-state index is 0.0518. The summed E-state index contributed by atoms with van der Waals surface area (Å²) in [7, 11) is 0. The van der Waals surface area contributed by atoms with E-state index in [2.05, 4.69) is 15.0 Å². The zero-order chi connectivity index (χ0) is 19.0. The number of fused-ring (bicyclic) bond motifs is 1. The quantitative estimate of drug-likeness (QED) is 0.866. The van der Waals surface area contributed by atoms with Gasteiger partial charge in [-0.25, -0.2) is 15.0 Å². The Balaban J connectivity index is 1.41. The summed E-state index contributed by atoms with van der Waals surface area (Å²) in [4.78, 5) is 14.7. The zero-order valence-electron chi connectivity index (χ0n) is 15.1. The van der Waals surface area contributed by atoms with Gasteiger partial charge in [-0.3, -0.25) is 0 Å². The first-order valence-corrected chi connectivity index (χ1v) is 9.37. The van der Waals surface area contributed by atoms with E-state index >= 15 is 0 Å². The van der Waals surface area contributed by atoms with Crippen LogP contribution in [-0.4, -0.2) is 50.0 Å². The van der Waals surface area contributed by atoms with E-state index in [0.717, 1.165) is 25.7 Å². The van der Waals surface area contributed by atoms with E-state index in [9.17, 15) is 18.3 Å². The summed E-state index contributed by atoms with van der Waals surface area (Å²) in [6.07, 6.45) is 2.50. The number of halogens is 3. The number of hydrogen-bond donors (Lipinski definition) is 1. The molecule has 6 nitrogen and oxygen atoms in total. The molecule has 3 heterocycles. The summed E-state index contributed by atoms with van der Waals surface area (Å²) in [6.45, 7) is 1.46. The molecular formula is C18H22F3N5O. The van der Waals surface area contributed by atoms with E-state index in [1.165, 1.54) is 13.3 Å². The van der Waals surface area contributed by atoms with Crippen LogP contribution in [0.4, 0.5) is 19.0 Å². The first-order chi connectivity index (χ1) is 12.7. The molecule has 2 saturated carbocycles. The first-order valence-electron chi connectivity index (χ1n) is 9.37. The van der Waals surface area contributed by atoms with Gasteiger partial charge in [-0.05, 0) is 44.4 Å². The van der Waals surface area contributed by atoms with Crippen molar-refractivity contribution in [2.45, 2.75) is 57.3 Å². The Morgan fingerprint density at radius 3 is 2.52 bits per heavy atom. The third-order valence-corrected chi connectivity index (χ3v) is 6.86. The summed E-state index contributed by atoms with van der Waals surface area (Å²) in [5.74, 6) is 0.486. The van der Waals surface area contributed by atoms with Crippen molar-refractivity contribution in [2.24, 2.45) is 10.8 Å². The maximum absolute atomic E-state index is 13.4. The minimum atomic E-state index is -4.24. The highest BCUT2D eigenvalue weighted by molar-refractivity contribution is 5.83. The van der Waals surface area contributed by atoms with Crippen LogP contribution in [0.5, 0.6) is 0 Å². The number of aromatic nitrogens is 4. The Morgan fingerprint density at radius 2 is 1.89 bits per heavy atom. The van der Waals surface area contributed by atoms with E-state index in [4.69, 9.17) is 0 Å². The number of rotatable bonds is 2. The Bertz CT molecular complexity index is 883. The molecule has 2 aliphatic carbocycles. The molecule has 5 rings (SSSR count). The van der Waals surface area contributed by atoms with Crippen LogP contribution >= 0.6 is 0 Å². The van der Waals surface area contributed by atoms with Crippen LogP contribution in [0.2, 0.25) is 0 Å². The maximum atomic E-state index is 13.4. The second-order valence-corrected chi connectivity index (χ2v) is 8.88. The molecule has 9 heteroatoms. The van der Waals surface area contributed by atoms with E-state index in [-0.39, 0.29) is 30.5 Å². The summed E-state index contributed by atoms with van der Waals surface area (Å²) in [5.41, 5.74) is -0.211. The Kier molecular flexibility index (Phi) is 3.40. The third kappa shape index (κ3) is 2.47. The number of hydrogen-bond acceptors (Lipinski definition) is 5. The molecule has 1 unspecified atom stereocenters. The predicted octanol–water partition coefficient (Wildman–Crippen LogP) is 3.08. The third-order valence-electron chi connectivity index (χ3n) is 6.86. The number of aliphatic hydroxyl groups excluding tert-OH is 1. The fourth-order valence-electron chi connectivity index (χ4n) is 5.12. The van der Waals surface area contributed by atoms with Crippen LogP contribution in [0.3, 0.4) is 0 Å². The molecule has 0 bridgehead atoms. The lowest BCUT2D eigenvalue weighted by Crippen LogP contribution is -2.50. The molecule has 3 aliphatic rings. The molecule has 1 N–H and O–H groups in total. The smallest absolute Gasteiger partial charge is 0.393 e. The fourth-order valence-corrected chi connectivity index (χ4v) is 5.12. The van der Waals surface area contributed by atoms with Gasteiger partial charge < -0.3 is 14.6 Å². The summed E-state index contributed by atoms with van der Waals surface area (Å²) < 4.78 is 42.1. The van der Waals surface area contributed by atoms with Gasteiger partial charge in [-0.1, -0.05) is 0 Å². The average Bonchev–Trinajstić information content (AvgIpc) is 3.13. The maximum Gasteiger partial charge on any atom is 0.395 e. The highest BCUT2D eigenvalue weighted by Gasteiger charge is 2.55. The summed E-state index contributed by atoms with van der Waals surface area (Å²) in [6, 6.07) is 0.282. The Hall–Kier alpha value is -1.90. The van der Waals surface area contributed by atoms with E-state index in [1.54, 1.807) is 11.2 Å². The lowest BCUT2D eigenvalue weighted by atomic mass is 9.53. The van der Waals surface area contributed by atoms with Gasteiger partial charge in [0.1, 0.15) is 6.33 Å². The SMILES string of the molecule is CC1(C(F)(F)F)CCN(c2ncnc3c2ncn3C2CC3(CC(O)C3)C2)C1. The molecule has 1 atom stereocenters. The van der Waals surface area contributed by atoms with Crippen molar-refractivity contribution in [2.75, 3.05) is 18.0 Å². The largest absolute Gasteiger partial charge is 0.395 e. The van der Waals surface area contributed by atoms with Crippen molar-refractivity contribution < 1.29 is 18.3 Å². The van der Waals surface area contributed by atoms with Gasteiger partial charge >= 0.3 is 6.18 Å². The molecule has 1 spiro atoms. The zero-order valence-corrected chi connectivity index (χ0v) is 15.1. The molecule has 1 aliphatic heterocycles. The molecule has 2 aromatic heterocycles. The van der Waals surface area contributed by atoms with Crippen LogP contribution in [0.25, 0.3) is 11.2 Å². The van der Waals surface area contributed by atoms with Gasteiger partial charge in [0.2, 0.25) is 0 Å². The number of anilines is 1. The van der Waals surface area contributed by atoms with Crippen LogP contribution in [0, 0.1) is 10.8 Å². The predicted molar refractivity (Wildman–Crippen MR) is 92.3 cm³/mol. The van der Waals surface area contributed by atoms with E-state index in [1.807, 2.05) is 4.57 Å². The molecular weight excluding hydrogens is 359 g/mol. The highest BCUT2D eigenvalue weighted by atomic mass is 19.4. The van der Waals surface area contributed by atoms with Gasteiger partial charge in [0.05, 0.1) is 17.8 Å². The van der Waals surface area contributed by atoms with Gasteiger partial charge in [0.25, 0.3) is 0 Å². The molecule has 3 fully saturated rings. The van der Waals surface area contributed by atoms with Crippen molar-refractivity contribution in [3.63, 3.8) is 0 Å². The topological polar surface area (TPSA) is 67.1 Å².